The molecule has 1 aliphatic rings. The molecule has 1 heterocycles. The molecule has 0 radical (unpaired) electrons. The van der Waals surface area contributed by atoms with Gasteiger partial charge in [0.25, 0.3) is 0 Å². The topological polar surface area (TPSA) is 41.1 Å². The SMILES string of the molecule is CC(CCNC(=O)C1NCCCC1C)c1ccccc1. The van der Waals surface area contributed by atoms with E-state index in [1.54, 1.807) is 0 Å². The maximum atomic E-state index is 12.2. The zero-order valence-corrected chi connectivity index (χ0v) is 12.6. The lowest BCUT2D eigenvalue weighted by Gasteiger charge is -2.29. The molecule has 1 aliphatic heterocycles. The highest BCUT2D eigenvalue weighted by atomic mass is 16.2. The molecule has 0 aliphatic carbocycles. The first-order valence-corrected chi connectivity index (χ1v) is 7.74. The minimum absolute atomic E-state index is 0.00391. The van der Waals surface area contributed by atoms with Gasteiger partial charge in [0.2, 0.25) is 5.91 Å². The number of nitrogens with one attached hydrogen (secondary N) is 2. The van der Waals surface area contributed by atoms with Crippen molar-refractivity contribution in [2.24, 2.45) is 5.92 Å². The van der Waals surface area contributed by atoms with Gasteiger partial charge in [0.05, 0.1) is 6.04 Å². The first-order valence-electron chi connectivity index (χ1n) is 7.74. The van der Waals surface area contributed by atoms with Crippen LogP contribution in [0.3, 0.4) is 0 Å². The first kappa shape index (κ1) is 15.0. The Balaban J connectivity index is 1.74. The van der Waals surface area contributed by atoms with Gasteiger partial charge in [-0.2, -0.15) is 0 Å². The smallest absolute Gasteiger partial charge is 0.237 e. The van der Waals surface area contributed by atoms with Crippen LogP contribution in [0, 0.1) is 5.92 Å². The lowest BCUT2D eigenvalue weighted by Crippen LogP contribution is -2.51. The molecule has 0 spiro atoms. The summed E-state index contributed by atoms with van der Waals surface area (Å²) in [6.07, 6.45) is 3.30. The van der Waals surface area contributed by atoms with Crippen LogP contribution in [-0.2, 0) is 4.79 Å². The van der Waals surface area contributed by atoms with E-state index in [-0.39, 0.29) is 11.9 Å². The van der Waals surface area contributed by atoms with Gasteiger partial charge in [0, 0.05) is 6.54 Å². The molecule has 3 atom stereocenters. The summed E-state index contributed by atoms with van der Waals surface area (Å²) in [5.74, 6) is 1.08. The van der Waals surface area contributed by atoms with Gasteiger partial charge in [-0.3, -0.25) is 4.79 Å². The molecular weight excluding hydrogens is 248 g/mol. The fourth-order valence-electron chi connectivity index (χ4n) is 2.87. The number of carbonyl (C=O) groups excluding carboxylic acids is 1. The third-order valence-electron chi connectivity index (χ3n) is 4.30. The minimum Gasteiger partial charge on any atom is -0.355 e. The molecule has 1 amide bonds. The Labute approximate surface area is 122 Å². The predicted octanol–water partition coefficient (Wildman–Crippen LogP) is 2.68. The molecule has 3 nitrogen and oxygen atoms in total. The maximum absolute atomic E-state index is 12.2. The molecule has 2 N–H and O–H groups in total. The van der Waals surface area contributed by atoms with Crippen LogP contribution in [-0.4, -0.2) is 25.0 Å². The summed E-state index contributed by atoms with van der Waals surface area (Å²) in [5, 5.41) is 6.41. The lowest BCUT2D eigenvalue weighted by atomic mass is 9.92. The van der Waals surface area contributed by atoms with Crippen LogP contribution in [0.5, 0.6) is 0 Å². The lowest BCUT2D eigenvalue weighted by molar-refractivity contribution is -0.124. The highest BCUT2D eigenvalue weighted by Gasteiger charge is 2.26. The monoisotopic (exact) mass is 274 g/mol. The van der Waals surface area contributed by atoms with Crippen molar-refractivity contribution < 1.29 is 4.79 Å². The third-order valence-corrected chi connectivity index (χ3v) is 4.30. The number of hydrogen-bond donors (Lipinski definition) is 2. The molecule has 20 heavy (non-hydrogen) atoms. The summed E-state index contributed by atoms with van der Waals surface area (Å²) >= 11 is 0. The number of hydrogen-bond acceptors (Lipinski definition) is 2. The number of piperidine rings is 1. The molecule has 1 fully saturated rings. The second-order valence-electron chi connectivity index (χ2n) is 5.94. The molecule has 0 saturated carbocycles. The number of rotatable bonds is 5. The Morgan fingerprint density at radius 2 is 2.15 bits per heavy atom. The Morgan fingerprint density at radius 3 is 2.85 bits per heavy atom. The van der Waals surface area contributed by atoms with Gasteiger partial charge < -0.3 is 10.6 Å². The average Bonchev–Trinajstić information content (AvgIpc) is 2.48. The third kappa shape index (κ3) is 4.07. The van der Waals surface area contributed by atoms with Gasteiger partial charge >= 0.3 is 0 Å². The summed E-state index contributed by atoms with van der Waals surface area (Å²) in [4.78, 5) is 12.2. The Hall–Kier alpha value is -1.35. The van der Waals surface area contributed by atoms with E-state index >= 15 is 0 Å². The second-order valence-corrected chi connectivity index (χ2v) is 5.94. The zero-order chi connectivity index (χ0) is 14.4. The summed E-state index contributed by atoms with van der Waals surface area (Å²) in [5.41, 5.74) is 1.34. The van der Waals surface area contributed by atoms with Crippen LogP contribution >= 0.6 is 0 Å². The molecule has 1 aromatic carbocycles. The Bertz CT molecular complexity index is 418. The van der Waals surface area contributed by atoms with Gasteiger partial charge in [0.1, 0.15) is 0 Å². The van der Waals surface area contributed by atoms with Gasteiger partial charge in [-0.25, -0.2) is 0 Å². The molecule has 110 valence electrons. The van der Waals surface area contributed by atoms with Gasteiger partial charge in [-0.1, -0.05) is 44.2 Å². The van der Waals surface area contributed by atoms with Crippen LogP contribution in [0.1, 0.15) is 44.6 Å². The van der Waals surface area contributed by atoms with Crippen molar-refractivity contribution in [3.05, 3.63) is 35.9 Å². The van der Waals surface area contributed by atoms with Gasteiger partial charge in [-0.15, -0.1) is 0 Å². The normalized spacial score (nSPS) is 24.1. The van der Waals surface area contributed by atoms with E-state index in [9.17, 15) is 4.79 Å². The molecular formula is C17H26N2O. The van der Waals surface area contributed by atoms with E-state index in [0.717, 1.165) is 25.9 Å². The second kappa shape index (κ2) is 7.44. The molecule has 0 bridgehead atoms. The van der Waals surface area contributed by atoms with Crippen LogP contribution < -0.4 is 10.6 Å². The van der Waals surface area contributed by atoms with Crippen LogP contribution in [0.4, 0.5) is 0 Å². The van der Waals surface area contributed by atoms with E-state index in [4.69, 9.17) is 0 Å². The highest BCUT2D eigenvalue weighted by molar-refractivity contribution is 5.82. The maximum Gasteiger partial charge on any atom is 0.237 e. The zero-order valence-electron chi connectivity index (χ0n) is 12.6. The summed E-state index contributed by atoms with van der Waals surface area (Å²) in [6, 6.07) is 10.5. The fraction of sp³-hybridized carbons (Fsp3) is 0.588. The predicted molar refractivity (Wildman–Crippen MR) is 82.7 cm³/mol. The van der Waals surface area contributed by atoms with Crippen molar-refractivity contribution in [3.63, 3.8) is 0 Å². The van der Waals surface area contributed by atoms with Crippen LogP contribution in [0.2, 0.25) is 0 Å². The summed E-state index contributed by atoms with van der Waals surface area (Å²) < 4.78 is 0. The minimum atomic E-state index is -0.00391. The standard InChI is InChI=1S/C17H26N2O/c1-13(15-8-4-3-5-9-15)10-12-19-17(20)16-14(2)7-6-11-18-16/h3-5,8-9,13-14,16,18H,6-7,10-12H2,1-2H3,(H,19,20). The van der Waals surface area contributed by atoms with E-state index in [0.29, 0.717) is 11.8 Å². The van der Waals surface area contributed by atoms with Gasteiger partial charge in [0.15, 0.2) is 0 Å². The molecule has 1 aromatic rings. The van der Waals surface area contributed by atoms with E-state index in [1.165, 1.54) is 12.0 Å². The fourth-order valence-corrected chi connectivity index (χ4v) is 2.87. The Kier molecular flexibility index (Phi) is 5.60. The van der Waals surface area contributed by atoms with Crippen molar-refractivity contribution in [2.75, 3.05) is 13.1 Å². The molecule has 3 unspecified atom stereocenters. The van der Waals surface area contributed by atoms with Crippen LogP contribution in [0.15, 0.2) is 30.3 Å². The molecule has 3 heteroatoms. The van der Waals surface area contributed by atoms with E-state index < -0.39 is 0 Å². The van der Waals surface area contributed by atoms with E-state index in [1.807, 2.05) is 6.07 Å². The molecule has 1 saturated heterocycles. The molecule has 0 aromatic heterocycles. The van der Waals surface area contributed by atoms with Crippen molar-refractivity contribution in [1.82, 2.24) is 10.6 Å². The van der Waals surface area contributed by atoms with Crippen molar-refractivity contribution >= 4 is 5.91 Å². The number of carbonyl (C=O) groups is 1. The van der Waals surface area contributed by atoms with E-state index in [2.05, 4.69) is 48.7 Å². The quantitative estimate of drug-likeness (QED) is 0.867. The average molecular weight is 274 g/mol. The largest absolute Gasteiger partial charge is 0.355 e. The number of amides is 1. The molecule has 2 rings (SSSR count). The first-order chi connectivity index (χ1) is 9.68. The van der Waals surface area contributed by atoms with Gasteiger partial charge in [-0.05, 0) is 43.2 Å². The van der Waals surface area contributed by atoms with Crippen molar-refractivity contribution in [1.29, 1.82) is 0 Å². The van der Waals surface area contributed by atoms with Crippen LogP contribution in [0.25, 0.3) is 0 Å². The Morgan fingerprint density at radius 1 is 1.40 bits per heavy atom. The summed E-state index contributed by atoms with van der Waals surface area (Å²) in [6.45, 7) is 6.08. The summed E-state index contributed by atoms with van der Waals surface area (Å²) in [7, 11) is 0. The highest BCUT2D eigenvalue weighted by Crippen LogP contribution is 2.18. The number of benzene rings is 1. The van der Waals surface area contributed by atoms with Crippen molar-refractivity contribution in [2.45, 2.75) is 45.1 Å². The van der Waals surface area contributed by atoms with Crippen molar-refractivity contribution in [3.8, 4) is 0 Å².